The number of hydrogen-bond acceptors (Lipinski definition) is 3. The van der Waals surface area contributed by atoms with Crippen molar-refractivity contribution in [2.45, 2.75) is 20.3 Å². The lowest BCUT2D eigenvalue weighted by Crippen LogP contribution is -2.19. The topological polar surface area (TPSA) is 93.4 Å². The summed E-state index contributed by atoms with van der Waals surface area (Å²) in [5.41, 5.74) is 6.68. The number of urea groups is 1. The van der Waals surface area contributed by atoms with Gasteiger partial charge in [0.15, 0.2) is 0 Å². The van der Waals surface area contributed by atoms with E-state index in [1.807, 2.05) is 0 Å². The van der Waals surface area contributed by atoms with Crippen LogP contribution in [0.1, 0.15) is 30.6 Å². The number of nitrogens with two attached hydrogens (primary N) is 1. The van der Waals surface area contributed by atoms with E-state index in [-0.39, 0.29) is 5.91 Å². The first-order valence-corrected chi connectivity index (χ1v) is 8.15. The molecule has 0 aliphatic rings. The monoisotopic (exact) mass is 341 g/mol. The summed E-state index contributed by atoms with van der Waals surface area (Å²) in [6.07, 6.45) is 0.984. The van der Waals surface area contributed by atoms with Crippen LogP contribution in [0.2, 0.25) is 0 Å². The van der Waals surface area contributed by atoms with Crippen molar-refractivity contribution in [3.63, 3.8) is 0 Å². The molecule has 0 saturated heterocycles. The Labute approximate surface area is 147 Å². The maximum atomic E-state index is 12.3. The third-order valence-corrected chi connectivity index (χ3v) is 3.47. The molecule has 0 fully saturated rings. The molecule has 0 aromatic heterocycles. The van der Waals surface area contributed by atoms with E-state index in [9.17, 15) is 9.59 Å². The third kappa shape index (κ3) is 6.18. The van der Waals surface area contributed by atoms with Crippen molar-refractivity contribution >= 4 is 23.3 Å². The minimum absolute atomic E-state index is 0.245. The lowest BCUT2D eigenvalue weighted by Gasteiger charge is -2.10. The van der Waals surface area contributed by atoms with Gasteiger partial charge in [0.1, 0.15) is 5.75 Å². The molecule has 0 spiro atoms. The second-order valence-electron chi connectivity index (χ2n) is 6.08. The number of benzene rings is 2. The first-order valence-electron chi connectivity index (χ1n) is 8.15. The maximum absolute atomic E-state index is 12.3. The number of hydrogen-bond donors (Lipinski definition) is 3. The predicted molar refractivity (Wildman–Crippen MR) is 99.0 cm³/mol. The SMILES string of the molecule is CC(C)CCOc1ccc(C(=O)Nc2cccc(NC(N)=O)c2)cc1. The molecule has 0 saturated carbocycles. The fourth-order valence-corrected chi connectivity index (χ4v) is 2.14. The normalized spacial score (nSPS) is 10.4. The Hall–Kier alpha value is -3.02. The van der Waals surface area contributed by atoms with Crippen LogP contribution < -0.4 is 21.1 Å². The van der Waals surface area contributed by atoms with Gasteiger partial charge in [-0.25, -0.2) is 4.79 Å². The first-order chi connectivity index (χ1) is 11.9. The average molecular weight is 341 g/mol. The van der Waals surface area contributed by atoms with Crippen molar-refractivity contribution in [3.8, 4) is 5.75 Å². The minimum atomic E-state index is -0.656. The Kier molecular flexibility index (Phi) is 6.39. The molecule has 6 nitrogen and oxygen atoms in total. The highest BCUT2D eigenvalue weighted by Crippen LogP contribution is 2.18. The Balaban J connectivity index is 1.95. The van der Waals surface area contributed by atoms with Crippen molar-refractivity contribution in [3.05, 3.63) is 54.1 Å². The quantitative estimate of drug-likeness (QED) is 0.714. The molecular formula is C19H23N3O3. The van der Waals surface area contributed by atoms with Crippen LogP contribution in [-0.2, 0) is 0 Å². The molecule has 0 unspecified atom stereocenters. The molecule has 0 bridgehead atoms. The van der Waals surface area contributed by atoms with E-state index in [0.717, 1.165) is 12.2 Å². The average Bonchev–Trinajstić information content (AvgIpc) is 2.55. The van der Waals surface area contributed by atoms with E-state index in [1.54, 1.807) is 48.5 Å². The van der Waals surface area contributed by atoms with Gasteiger partial charge in [-0.15, -0.1) is 0 Å². The Morgan fingerprint density at radius 3 is 2.28 bits per heavy atom. The summed E-state index contributed by atoms with van der Waals surface area (Å²) in [5.74, 6) is 1.08. The van der Waals surface area contributed by atoms with Gasteiger partial charge in [0.05, 0.1) is 6.61 Å². The first kappa shape index (κ1) is 18.3. The van der Waals surface area contributed by atoms with Crippen LogP contribution in [0.5, 0.6) is 5.75 Å². The second kappa shape index (κ2) is 8.73. The summed E-state index contributed by atoms with van der Waals surface area (Å²) < 4.78 is 5.64. The van der Waals surface area contributed by atoms with Crippen LogP contribution >= 0.6 is 0 Å². The second-order valence-corrected chi connectivity index (χ2v) is 6.08. The summed E-state index contributed by atoms with van der Waals surface area (Å²) in [4.78, 5) is 23.2. The van der Waals surface area contributed by atoms with Crippen molar-refractivity contribution in [1.82, 2.24) is 0 Å². The highest BCUT2D eigenvalue weighted by molar-refractivity contribution is 6.04. The fraction of sp³-hybridized carbons (Fsp3) is 0.263. The molecule has 0 radical (unpaired) electrons. The maximum Gasteiger partial charge on any atom is 0.316 e. The molecule has 0 atom stereocenters. The van der Waals surface area contributed by atoms with E-state index in [0.29, 0.717) is 29.5 Å². The molecule has 3 amide bonds. The van der Waals surface area contributed by atoms with Gasteiger partial charge in [-0.1, -0.05) is 19.9 Å². The molecule has 4 N–H and O–H groups in total. The zero-order valence-electron chi connectivity index (χ0n) is 14.4. The standard InChI is InChI=1S/C19H23N3O3/c1-13(2)10-11-25-17-8-6-14(7-9-17)18(23)21-15-4-3-5-16(12-15)22-19(20)24/h3-9,12-13H,10-11H2,1-2H3,(H,21,23)(H3,20,22,24). The number of rotatable bonds is 7. The van der Waals surface area contributed by atoms with Crippen LogP contribution in [0.4, 0.5) is 16.2 Å². The molecule has 0 aliphatic carbocycles. The van der Waals surface area contributed by atoms with Gasteiger partial charge in [-0.3, -0.25) is 4.79 Å². The molecule has 0 aliphatic heterocycles. The van der Waals surface area contributed by atoms with Gasteiger partial charge < -0.3 is 21.1 Å². The molecule has 2 aromatic rings. The van der Waals surface area contributed by atoms with E-state index in [2.05, 4.69) is 24.5 Å². The third-order valence-electron chi connectivity index (χ3n) is 3.47. The van der Waals surface area contributed by atoms with Crippen molar-refractivity contribution < 1.29 is 14.3 Å². The smallest absolute Gasteiger partial charge is 0.316 e. The molecular weight excluding hydrogens is 318 g/mol. The Bertz CT molecular complexity index is 727. The van der Waals surface area contributed by atoms with Crippen LogP contribution in [0.3, 0.4) is 0 Å². The number of carbonyl (C=O) groups is 2. The Morgan fingerprint density at radius 2 is 1.68 bits per heavy atom. The molecule has 2 aromatic carbocycles. The number of primary amides is 1. The number of ether oxygens (including phenoxy) is 1. The molecule has 6 heteroatoms. The van der Waals surface area contributed by atoms with Crippen molar-refractivity contribution in [1.29, 1.82) is 0 Å². The fourth-order valence-electron chi connectivity index (χ4n) is 2.14. The number of nitrogens with one attached hydrogen (secondary N) is 2. The summed E-state index contributed by atoms with van der Waals surface area (Å²) in [7, 11) is 0. The van der Waals surface area contributed by atoms with Gasteiger partial charge in [0, 0.05) is 16.9 Å². The summed E-state index contributed by atoms with van der Waals surface area (Å²) in [5, 5.41) is 5.24. The molecule has 2 rings (SSSR count). The van der Waals surface area contributed by atoms with Crippen LogP contribution in [0.15, 0.2) is 48.5 Å². The van der Waals surface area contributed by atoms with Gasteiger partial charge in [-0.05, 0) is 54.8 Å². The van der Waals surface area contributed by atoms with E-state index in [4.69, 9.17) is 10.5 Å². The molecule has 25 heavy (non-hydrogen) atoms. The van der Waals surface area contributed by atoms with Crippen LogP contribution in [0, 0.1) is 5.92 Å². The van der Waals surface area contributed by atoms with Gasteiger partial charge >= 0.3 is 6.03 Å². The zero-order chi connectivity index (χ0) is 18.2. The Morgan fingerprint density at radius 1 is 1.04 bits per heavy atom. The van der Waals surface area contributed by atoms with Crippen molar-refractivity contribution in [2.75, 3.05) is 17.2 Å². The molecule has 132 valence electrons. The highest BCUT2D eigenvalue weighted by Gasteiger charge is 2.07. The van der Waals surface area contributed by atoms with Gasteiger partial charge in [0.2, 0.25) is 0 Å². The molecule has 0 heterocycles. The van der Waals surface area contributed by atoms with Crippen LogP contribution in [-0.4, -0.2) is 18.5 Å². The summed E-state index contributed by atoms with van der Waals surface area (Å²) in [6, 6.07) is 13.1. The number of carbonyl (C=O) groups excluding carboxylic acids is 2. The summed E-state index contributed by atoms with van der Waals surface area (Å²) >= 11 is 0. The number of amides is 3. The number of anilines is 2. The van der Waals surface area contributed by atoms with Gasteiger partial charge in [-0.2, -0.15) is 0 Å². The minimum Gasteiger partial charge on any atom is -0.494 e. The largest absolute Gasteiger partial charge is 0.494 e. The zero-order valence-corrected chi connectivity index (χ0v) is 14.4. The van der Waals surface area contributed by atoms with Crippen molar-refractivity contribution in [2.24, 2.45) is 11.7 Å². The lowest BCUT2D eigenvalue weighted by molar-refractivity contribution is 0.102. The van der Waals surface area contributed by atoms with E-state index >= 15 is 0 Å². The highest BCUT2D eigenvalue weighted by atomic mass is 16.5. The van der Waals surface area contributed by atoms with E-state index < -0.39 is 6.03 Å². The van der Waals surface area contributed by atoms with Crippen LogP contribution in [0.25, 0.3) is 0 Å². The van der Waals surface area contributed by atoms with Gasteiger partial charge in [0.25, 0.3) is 5.91 Å². The van der Waals surface area contributed by atoms with E-state index in [1.165, 1.54) is 0 Å². The predicted octanol–water partition coefficient (Wildman–Crippen LogP) is 3.85. The lowest BCUT2D eigenvalue weighted by atomic mass is 10.1. The summed E-state index contributed by atoms with van der Waals surface area (Å²) in [6.45, 7) is 4.94.